The van der Waals surface area contributed by atoms with Gasteiger partial charge < -0.3 is 9.88 Å². The molecule has 0 fully saturated rings. The zero-order valence-electron chi connectivity index (χ0n) is 16.0. The summed E-state index contributed by atoms with van der Waals surface area (Å²) in [5.41, 5.74) is 1.89. The van der Waals surface area contributed by atoms with Gasteiger partial charge >= 0.3 is 0 Å². The quantitative estimate of drug-likeness (QED) is 0.747. The van der Waals surface area contributed by atoms with Gasteiger partial charge in [-0.25, -0.2) is 9.97 Å². The molecule has 1 N–H and O–H groups in total. The summed E-state index contributed by atoms with van der Waals surface area (Å²) in [4.78, 5) is 23.6. The summed E-state index contributed by atoms with van der Waals surface area (Å²) in [5, 5.41) is 12.6. The topological polar surface area (TPSA) is 85.6 Å². The van der Waals surface area contributed by atoms with E-state index in [9.17, 15) is 4.79 Å². The normalized spacial score (nSPS) is 14.2. The van der Waals surface area contributed by atoms with Crippen molar-refractivity contribution >= 4 is 27.5 Å². The molecule has 0 radical (unpaired) electrons. The number of rotatable bonds is 4. The Kier molecular flexibility index (Phi) is 4.90. The van der Waals surface area contributed by atoms with Crippen molar-refractivity contribution in [1.29, 1.82) is 0 Å². The van der Waals surface area contributed by atoms with Crippen LogP contribution in [0.5, 0.6) is 0 Å². The number of amides is 1. The summed E-state index contributed by atoms with van der Waals surface area (Å²) in [6.45, 7) is 7.32. The van der Waals surface area contributed by atoms with Gasteiger partial charge in [0.15, 0.2) is 5.82 Å². The minimum atomic E-state index is -0.0843. The first kappa shape index (κ1) is 18.0. The fourth-order valence-electron chi connectivity index (χ4n) is 3.69. The molecule has 0 saturated heterocycles. The van der Waals surface area contributed by atoms with Crippen molar-refractivity contribution in [2.24, 2.45) is 0 Å². The SMILES string of the molecule is CCc1nc(C)c2c(C)c(C(=O)NCc3nnc4n3CCCCC4)sc2n1. The first-order chi connectivity index (χ1) is 13.1. The van der Waals surface area contributed by atoms with Gasteiger partial charge in [-0.2, -0.15) is 0 Å². The first-order valence-electron chi connectivity index (χ1n) is 9.54. The van der Waals surface area contributed by atoms with Crippen molar-refractivity contribution < 1.29 is 4.79 Å². The van der Waals surface area contributed by atoms with Crippen LogP contribution in [-0.4, -0.2) is 30.6 Å². The van der Waals surface area contributed by atoms with Crippen LogP contribution in [0, 0.1) is 13.8 Å². The minimum Gasteiger partial charge on any atom is -0.344 e. The number of nitrogens with zero attached hydrogens (tertiary/aromatic N) is 5. The Balaban J connectivity index is 1.56. The van der Waals surface area contributed by atoms with Gasteiger partial charge in [-0.15, -0.1) is 21.5 Å². The number of fused-ring (bicyclic) bond motifs is 2. The summed E-state index contributed by atoms with van der Waals surface area (Å²) >= 11 is 1.44. The average molecular weight is 385 g/mol. The zero-order valence-corrected chi connectivity index (χ0v) is 16.8. The highest BCUT2D eigenvalue weighted by atomic mass is 32.1. The molecule has 1 amide bonds. The van der Waals surface area contributed by atoms with Crippen LogP contribution in [0.25, 0.3) is 10.2 Å². The predicted molar refractivity (Wildman–Crippen MR) is 105 cm³/mol. The van der Waals surface area contributed by atoms with Crippen molar-refractivity contribution in [1.82, 2.24) is 30.0 Å². The lowest BCUT2D eigenvalue weighted by atomic mass is 10.1. The fourth-order valence-corrected chi connectivity index (χ4v) is 4.85. The molecular weight excluding hydrogens is 360 g/mol. The lowest BCUT2D eigenvalue weighted by Gasteiger charge is -2.08. The highest BCUT2D eigenvalue weighted by molar-refractivity contribution is 7.20. The number of aromatic nitrogens is 5. The Hall–Kier alpha value is -2.35. The highest BCUT2D eigenvalue weighted by Crippen LogP contribution is 2.31. The van der Waals surface area contributed by atoms with Crippen LogP contribution in [-0.2, 0) is 25.9 Å². The molecule has 0 bridgehead atoms. The monoisotopic (exact) mass is 384 g/mol. The van der Waals surface area contributed by atoms with Crippen molar-refractivity contribution in [3.05, 3.63) is 33.6 Å². The Morgan fingerprint density at radius 1 is 1.19 bits per heavy atom. The van der Waals surface area contributed by atoms with Crippen LogP contribution in [0.15, 0.2) is 0 Å². The Bertz CT molecular complexity index is 1010. The van der Waals surface area contributed by atoms with Crippen LogP contribution in [0.2, 0.25) is 0 Å². The first-order valence-corrected chi connectivity index (χ1v) is 10.4. The Morgan fingerprint density at radius 3 is 2.85 bits per heavy atom. The second-order valence-corrected chi connectivity index (χ2v) is 7.99. The van der Waals surface area contributed by atoms with E-state index >= 15 is 0 Å². The van der Waals surface area contributed by atoms with Gasteiger partial charge in [0.1, 0.15) is 16.5 Å². The number of nitrogens with one attached hydrogen (secondary N) is 1. The smallest absolute Gasteiger partial charge is 0.262 e. The summed E-state index contributed by atoms with van der Waals surface area (Å²) in [5.74, 6) is 2.61. The van der Waals surface area contributed by atoms with Crippen molar-refractivity contribution in [3.8, 4) is 0 Å². The molecule has 27 heavy (non-hydrogen) atoms. The second-order valence-electron chi connectivity index (χ2n) is 6.99. The fraction of sp³-hybridized carbons (Fsp3) is 0.526. The third-order valence-corrected chi connectivity index (χ3v) is 6.32. The van der Waals surface area contributed by atoms with Gasteiger partial charge in [0.25, 0.3) is 5.91 Å². The molecule has 0 aliphatic carbocycles. The summed E-state index contributed by atoms with van der Waals surface area (Å²) in [6.07, 6.45) is 5.27. The Morgan fingerprint density at radius 2 is 2.04 bits per heavy atom. The number of carbonyl (C=O) groups excluding carboxylic acids is 1. The maximum absolute atomic E-state index is 12.8. The minimum absolute atomic E-state index is 0.0843. The van der Waals surface area contributed by atoms with E-state index in [1.165, 1.54) is 17.8 Å². The number of thiophene rings is 1. The molecule has 0 unspecified atom stereocenters. The Labute approximate surface area is 162 Å². The molecule has 142 valence electrons. The molecule has 7 nitrogen and oxygen atoms in total. The van der Waals surface area contributed by atoms with E-state index in [4.69, 9.17) is 0 Å². The van der Waals surface area contributed by atoms with Crippen LogP contribution in [0.3, 0.4) is 0 Å². The van der Waals surface area contributed by atoms with E-state index in [0.717, 1.165) is 71.2 Å². The summed E-state index contributed by atoms with van der Waals surface area (Å²) in [6, 6.07) is 0. The lowest BCUT2D eigenvalue weighted by Crippen LogP contribution is -2.24. The van der Waals surface area contributed by atoms with Crippen molar-refractivity contribution in [2.75, 3.05) is 0 Å². The molecule has 0 spiro atoms. The number of hydrogen-bond donors (Lipinski definition) is 1. The summed E-state index contributed by atoms with van der Waals surface area (Å²) < 4.78 is 2.16. The number of carbonyl (C=O) groups is 1. The molecule has 0 atom stereocenters. The van der Waals surface area contributed by atoms with Crippen LogP contribution in [0.1, 0.15) is 64.6 Å². The van der Waals surface area contributed by atoms with Crippen LogP contribution in [0.4, 0.5) is 0 Å². The van der Waals surface area contributed by atoms with Gasteiger partial charge in [-0.3, -0.25) is 4.79 Å². The molecule has 0 aromatic carbocycles. The average Bonchev–Trinajstić information content (AvgIpc) is 3.11. The summed E-state index contributed by atoms with van der Waals surface area (Å²) in [7, 11) is 0. The standard InChI is InChI=1S/C19H24N6OS/c1-4-13-21-12(3)16-11(2)17(27-19(16)22-13)18(26)20-10-15-24-23-14-8-6-5-7-9-25(14)15/h4-10H2,1-3H3,(H,20,26). The second kappa shape index (κ2) is 7.34. The molecule has 3 aromatic heterocycles. The van der Waals surface area contributed by atoms with Gasteiger partial charge in [-0.1, -0.05) is 13.3 Å². The maximum Gasteiger partial charge on any atom is 0.262 e. The van der Waals surface area contributed by atoms with E-state index in [-0.39, 0.29) is 5.91 Å². The molecule has 3 aromatic rings. The van der Waals surface area contributed by atoms with E-state index in [1.54, 1.807) is 0 Å². The van der Waals surface area contributed by atoms with Crippen molar-refractivity contribution in [3.63, 3.8) is 0 Å². The molecule has 0 saturated carbocycles. The van der Waals surface area contributed by atoms with Crippen LogP contribution < -0.4 is 5.32 Å². The van der Waals surface area contributed by atoms with Gasteiger partial charge in [0.2, 0.25) is 0 Å². The van der Waals surface area contributed by atoms with Gasteiger partial charge in [0.05, 0.1) is 11.4 Å². The van der Waals surface area contributed by atoms with E-state index in [1.807, 2.05) is 20.8 Å². The molecule has 1 aliphatic heterocycles. The van der Waals surface area contributed by atoms with Crippen molar-refractivity contribution in [2.45, 2.75) is 66.0 Å². The van der Waals surface area contributed by atoms with E-state index in [0.29, 0.717) is 11.4 Å². The molecule has 4 rings (SSSR count). The maximum atomic E-state index is 12.8. The molecule has 8 heteroatoms. The third-order valence-electron chi connectivity index (χ3n) is 5.13. The molecule has 1 aliphatic rings. The van der Waals surface area contributed by atoms with Crippen LogP contribution >= 0.6 is 11.3 Å². The third kappa shape index (κ3) is 3.34. The zero-order chi connectivity index (χ0) is 19.0. The molecule has 4 heterocycles. The van der Waals surface area contributed by atoms with E-state index < -0.39 is 0 Å². The van der Waals surface area contributed by atoms with Gasteiger partial charge in [0, 0.05) is 30.5 Å². The predicted octanol–water partition coefficient (Wildman–Crippen LogP) is 3.12. The largest absolute Gasteiger partial charge is 0.344 e. The highest BCUT2D eigenvalue weighted by Gasteiger charge is 2.20. The van der Waals surface area contributed by atoms with Gasteiger partial charge in [-0.05, 0) is 32.3 Å². The lowest BCUT2D eigenvalue weighted by molar-refractivity contribution is 0.0953. The molecular formula is C19H24N6OS. The van der Waals surface area contributed by atoms with E-state index in [2.05, 4.69) is 30.0 Å². The number of hydrogen-bond acceptors (Lipinski definition) is 6. The number of aryl methyl sites for hydroxylation is 4.